The fourth-order valence-electron chi connectivity index (χ4n) is 2.51. The Morgan fingerprint density at radius 1 is 1.04 bits per heavy atom. The Morgan fingerprint density at radius 2 is 1.62 bits per heavy atom. The van der Waals surface area contributed by atoms with Gasteiger partial charge < -0.3 is 4.90 Å². The lowest BCUT2D eigenvalue weighted by Crippen LogP contribution is -2.27. The van der Waals surface area contributed by atoms with Crippen molar-refractivity contribution in [3.8, 4) is 6.07 Å². The second kappa shape index (κ2) is 7.95. The molecule has 0 amide bonds. The SMILES string of the molecule is Cc1ccc(N(CCC#N)Cc2c(F)c(F)c(F)c(F)c2F)c(C=O)c1. The van der Waals surface area contributed by atoms with E-state index in [-0.39, 0.29) is 24.2 Å². The highest BCUT2D eigenvalue weighted by Crippen LogP contribution is 2.28. The number of carbonyl (C=O) groups is 1. The van der Waals surface area contributed by atoms with Crippen LogP contribution in [0.4, 0.5) is 27.6 Å². The van der Waals surface area contributed by atoms with Crippen molar-refractivity contribution >= 4 is 12.0 Å². The number of carbonyl (C=O) groups excluding carboxylic acids is 1. The van der Waals surface area contributed by atoms with Crippen LogP contribution in [0.2, 0.25) is 0 Å². The van der Waals surface area contributed by atoms with Crippen LogP contribution in [0.25, 0.3) is 0 Å². The Kier molecular flexibility index (Phi) is 5.93. The van der Waals surface area contributed by atoms with Crippen LogP contribution < -0.4 is 4.90 Å². The molecular weight excluding hydrogens is 355 g/mol. The summed E-state index contributed by atoms with van der Waals surface area (Å²) in [6, 6.07) is 6.47. The Balaban J connectivity index is 2.55. The quantitative estimate of drug-likeness (QED) is 0.328. The van der Waals surface area contributed by atoms with Crippen molar-refractivity contribution in [1.82, 2.24) is 0 Å². The average molecular weight is 368 g/mol. The monoisotopic (exact) mass is 368 g/mol. The molecule has 0 heterocycles. The summed E-state index contributed by atoms with van der Waals surface area (Å²) >= 11 is 0. The van der Waals surface area contributed by atoms with Gasteiger partial charge in [-0.3, -0.25) is 4.79 Å². The third-order valence-electron chi connectivity index (χ3n) is 3.79. The molecule has 0 atom stereocenters. The van der Waals surface area contributed by atoms with E-state index in [1.807, 2.05) is 6.07 Å². The first kappa shape index (κ1) is 19.4. The van der Waals surface area contributed by atoms with E-state index in [1.54, 1.807) is 13.0 Å². The van der Waals surface area contributed by atoms with Gasteiger partial charge in [0.2, 0.25) is 5.82 Å². The minimum Gasteiger partial charge on any atom is -0.365 e. The maximum atomic E-state index is 14.0. The van der Waals surface area contributed by atoms with E-state index >= 15 is 0 Å². The first-order valence-electron chi connectivity index (χ1n) is 7.49. The lowest BCUT2D eigenvalue weighted by molar-refractivity contribution is 0.112. The Morgan fingerprint density at radius 3 is 2.15 bits per heavy atom. The van der Waals surface area contributed by atoms with Crippen molar-refractivity contribution in [2.75, 3.05) is 11.4 Å². The highest BCUT2D eigenvalue weighted by Gasteiger charge is 2.27. The fourth-order valence-corrected chi connectivity index (χ4v) is 2.51. The smallest absolute Gasteiger partial charge is 0.200 e. The van der Waals surface area contributed by atoms with Gasteiger partial charge >= 0.3 is 0 Å². The number of aryl methyl sites for hydroxylation is 1. The summed E-state index contributed by atoms with van der Waals surface area (Å²) in [5.74, 6) is -10.2. The number of halogens is 5. The van der Waals surface area contributed by atoms with Gasteiger partial charge in [-0.05, 0) is 19.1 Å². The maximum Gasteiger partial charge on any atom is 0.200 e. The normalized spacial score (nSPS) is 10.5. The van der Waals surface area contributed by atoms with E-state index < -0.39 is 41.2 Å². The van der Waals surface area contributed by atoms with Crippen molar-refractivity contribution < 1.29 is 26.7 Å². The van der Waals surface area contributed by atoms with Gasteiger partial charge in [0.05, 0.1) is 12.5 Å². The first-order valence-corrected chi connectivity index (χ1v) is 7.49. The molecule has 0 aromatic heterocycles. The van der Waals surface area contributed by atoms with Crippen LogP contribution in [0.3, 0.4) is 0 Å². The fraction of sp³-hybridized carbons (Fsp3) is 0.222. The zero-order valence-electron chi connectivity index (χ0n) is 13.6. The number of rotatable bonds is 6. The molecule has 2 rings (SSSR count). The summed E-state index contributed by atoms with van der Waals surface area (Å²) in [5.41, 5.74) is 0.112. The van der Waals surface area contributed by atoms with Crippen LogP contribution in [0.5, 0.6) is 0 Å². The predicted molar refractivity (Wildman–Crippen MR) is 84.1 cm³/mol. The van der Waals surface area contributed by atoms with Crippen LogP contribution in [-0.4, -0.2) is 12.8 Å². The van der Waals surface area contributed by atoms with Crippen molar-refractivity contribution in [2.24, 2.45) is 0 Å². The van der Waals surface area contributed by atoms with Gasteiger partial charge in [0, 0.05) is 29.9 Å². The second-order valence-electron chi connectivity index (χ2n) is 5.56. The molecule has 8 heteroatoms. The van der Waals surface area contributed by atoms with Crippen molar-refractivity contribution in [1.29, 1.82) is 5.26 Å². The molecule has 0 aliphatic carbocycles. The van der Waals surface area contributed by atoms with Crippen LogP contribution >= 0.6 is 0 Å². The highest BCUT2D eigenvalue weighted by atomic mass is 19.2. The summed E-state index contributed by atoms with van der Waals surface area (Å²) in [7, 11) is 0. The molecule has 0 saturated heterocycles. The molecule has 136 valence electrons. The van der Waals surface area contributed by atoms with Crippen molar-refractivity contribution in [2.45, 2.75) is 19.9 Å². The molecule has 0 aliphatic rings. The molecule has 26 heavy (non-hydrogen) atoms. The molecule has 0 N–H and O–H groups in total. The molecule has 0 bridgehead atoms. The molecule has 0 radical (unpaired) electrons. The Hall–Kier alpha value is -2.95. The van der Waals surface area contributed by atoms with Gasteiger partial charge in [-0.15, -0.1) is 0 Å². The molecule has 2 aromatic carbocycles. The molecule has 3 nitrogen and oxygen atoms in total. The van der Waals surface area contributed by atoms with Gasteiger partial charge in [-0.2, -0.15) is 5.26 Å². The number of aldehydes is 1. The number of nitriles is 1. The molecule has 0 aliphatic heterocycles. The Labute approximate surface area is 146 Å². The second-order valence-corrected chi connectivity index (χ2v) is 5.56. The predicted octanol–water partition coefficient (Wildman–Crippen LogP) is 4.42. The molecule has 2 aromatic rings. The van der Waals surface area contributed by atoms with Gasteiger partial charge in [0.25, 0.3) is 0 Å². The summed E-state index contributed by atoms with van der Waals surface area (Å²) in [4.78, 5) is 12.5. The van der Waals surface area contributed by atoms with Crippen molar-refractivity contribution in [3.63, 3.8) is 0 Å². The topological polar surface area (TPSA) is 44.1 Å². The molecule has 0 spiro atoms. The third kappa shape index (κ3) is 3.67. The number of anilines is 1. The largest absolute Gasteiger partial charge is 0.365 e. The summed E-state index contributed by atoms with van der Waals surface area (Å²) in [6.07, 6.45) is 0.432. The molecule has 0 fully saturated rings. The van der Waals surface area contributed by atoms with Crippen LogP contribution in [0, 0.1) is 47.3 Å². The number of hydrogen-bond donors (Lipinski definition) is 0. The van der Waals surface area contributed by atoms with E-state index in [0.29, 0.717) is 6.29 Å². The Bertz CT molecular complexity index is 863. The number of hydrogen-bond acceptors (Lipinski definition) is 3. The molecule has 0 saturated carbocycles. The highest BCUT2D eigenvalue weighted by molar-refractivity contribution is 5.85. The van der Waals surface area contributed by atoms with E-state index in [1.165, 1.54) is 17.0 Å². The summed E-state index contributed by atoms with van der Waals surface area (Å²) in [6.45, 7) is 0.956. The molecule has 0 unspecified atom stereocenters. The van der Waals surface area contributed by atoms with Crippen LogP contribution in [0.15, 0.2) is 18.2 Å². The van der Waals surface area contributed by atoms with E-state index in [0.717, 1.165) is 5.56 Å². The average Bonchev–Trinajstić information content (AvgIpc) is 2.64. The maximum absolute atomic E-state index is 14.0. The van der Waals surface area contributed by atoms with E-state index in [9.17, 15) is 26.7 Å². The third-order valence-corrected chi connectivity index (χ3v) is 3.79. The van der Waals surface area contributed by atoms with Crippen molar-refractivity contribution in [3.05, 3.63) is 64.0 Å². The van der Waals surface area contributed by atoms with Gasteiger partial charge in [-0.1, -0.05) is 11.6 Å². The number of benzene rings is 2. The minimum atomic E-state index is -2.24. The zero-order valence-corrected chi connectivity index (χ0v) is 13.6. The summed E-state index contributed by atoms with van der Waals surface area (Å²) < 4.78 is 68.0. The standard InChI is InChI=1S/C18H13F5N2O/c1-10-3-4-13(11(7-10)9-26)25(6-2-5-24)8-12-14(19)16(21)18(23)17(22)15(12)20/h3-4,7,9H,2,6,8H2,1H3. The lowest BCUT2D eigenvalue weighted by atomic mass is 10.1. The van der Waals surface area contributed by atoms with Crippen LogP contribution in [-0.2, 0) is 6.54 Å². The van der Waals surface area contributed by atoms with Gasteiger partial charge in [0.1, 0.15) is 0 Å². The molecular formula is C18H13F5N2O. The zero-order chi connectivity index (χ0) is 19.4. The van der Waals surface area contributed by atoms with E-state index in [4.69, 9.17) is 5.26 Å². The summed E-state index contributed by atoms with van der Waals surface area (Å²) in [5, 5.41) is 8.77. The van der Waals surface area contributed by atoms with Crippen LogP contribution in [0.1, 0.15) is 27.9 Å². The van der Waals surface area contributed by atoms with Gasteiger partial charge in [0.15, 0.2) is 29.6 Å². The van der Waals surface area contributed by atoms with E-state index in [2.05, 4.69) is 0 Å². The first-order chi connectivity index (χ1) is 12.3. The lowest BCUT2D eigenvalue weighted by Gasteiger charge is -2.26. The minimum absolute atomic E-state index is 0.0695. The number of nitrogens with zero attached hydrogens (tertiary/aromatic N) is 2. The van der Waals surface area contributed by atoms with Gasteiger partial charge in [-0.25, -0.2) is 22.0 Å².